The highest BCUT2D eigenvalue weighted by atomic mass is 32.1. The molecule has 0 spiro atoms. The maximum absolute atomic E-state index is 12.1. The summed E-state index contributed by atoms with van der Waals surface area (Å²) in [7, 11) is 0. The van der Waals surface area contributed by atoms with Crippen molar-refractivity contribution < 1.29 is 4.79 Å². The smallest absolute Gasteiger partial charge is 0.226 e. The van der Waals surface area contributed by atoms with Crippen molar-refractivity contribution >= 4 is 55.3 Å². The van der Waals surface area contributed by atoms with Gasteiger partial charge in [0, 0.05) is 18.2 Å². The molecule has 3 heterocycles. The van der Waals surface area contributed by atoms with E-state index in [1.54, 1.807) is 22.7 Å². The fourth-order valence-corrected chi connectivity index (χ4v) is 4.75. The monoisotopic (exact) mass is 371 g/mol. The number of rotatable bonds is 5. The van der Waals surface area contributed by atoms with Crippen LogP contribution in [-0.4, -0.2) is 15.9 Å². The summed E-state index contributed by atoms with van der Waals surface area (Å²) in [5, 5.41) is 8.50. The Morgan fingerprint density at radius 2 is 2.00 bits per heavy atom. The quantitative estimate of drug-likeness (QED) is 0.534. The molecule has 0 saturated carbocycles. The van der Waals surface area contributed by atoms with E-state index in [-0.39, 0.29) is 5.91 Å². The Hall–Kier alpha value is -2.09. The minimum Gasteiger partial charge on any atom is -0.302 e. The molecule has 0 fully saturated rings. The lowest BCUT2D eigenvalue weighted by Crippen LogP contribution is -2.12. The molecule has 0 aliphatic carbocycles. The first-order valence-corrected chi connectivity index (χ1v) is 9.99. The van der Waals surface area contributed by atoms with Crippen molar-refractivity contribution in [2.24, 2.45) is 0 Å². The molecule has 120 valence electrons. The van der Waals surface area contributed by atoms with Crippen molar-refractivity contribution in [3.05, 3.63) is 52.2 Å². The Labute approximate surface area is 150 Å². The first-order valence-electron chi connectivity index (χ1n) is 7.41. The van der Waals surface area contributed by atoms with Crippen LogP contribution in [0.1, 0.15) is 11.4 Å². The van der Waals surface area contributed by atoms with E-state index in [9.17, 15) is 4.79 Å². The third-order valence-electron chi connectivity index (χ3n) is 3.43. The average Bonchev–Trinajstić information content (AvgIpc) is 3.32. The van der Waals surface area contributed by atoms with Gasteiger partial charge in [-0.2, -0.15) is 0 Å². The summed E-state index contributed by atoms with van der Waals surface area (Å²) in [6.07, 6.45) is 1.06. The SMILES string of the molecule is O=C(CCc1nc2ccccc2s1)Nc1nc(-c2cccs2)cs1. The van der Waals surface area contributed by atoms with Crippen LogP contribution in [0, 0.1) is 0 Å². The number of benzene rings is 1. The molecule has 0 radical (unpaired) electrons. The number of amides is 1. The lowest BCUT2D eigenvalue weighted by atomic mass is 10.3. The maximum atomic E-state index is 12.1. The van der Waals surface area contributed by atoms with Crippen LogP contribution in [0.4, 0.5) is 5.13 Å². The van der Waals surface area contributed by atoms with Crippen molar-refractivity contribution in [2.45, 2.75) is 12.8 Å². The zero-order valence-corrected chi connectivity index (χ0v) is 15.0. The number of carbonyl (C=O) groups excluding carboxylic acids is 1. The number of aromatic nitrogens is 2. The predicted molar refractivity (Wildman–Crippen MR) is 102 cm³/mol. The highest BCUT2D eigenvalue weighted by Crippen LogP contribution is 2.28. The van der Waals surface area contributed by atoms with Crippen molar-refractivity contribution in [2.75, 3.05) is 5.32 Å². The number of nitrogens with zero attached hydrogens (tertiary/aromatic N) is 2. The second-order valence-corrected chi connectivity index (χ2v) is 8.06. The number of hydrogen-bond donors (Lipinski definition) is 1. The zero-order chi connectivity index (χ0) is 16.4. The molecule has 1 amide bonds. The van der Waals surface area contributed by atoms with Gasteiger partial charge in [-0.1, -0.05) is 18.2 Å². The first kappa shape index (κ1) is 15.4. The Morgan fingerprint density at radius 1 is 1.08 bits per heavy atom. The molecule has 0 bridgehead atoms. The van der Waals surface area contributed by atoms with Gasteiger partial charge in [0.2, 0.25) is 5.91 Å². The van der Waals surface area contributed by atoms with Crippen molar-refractivity contribution in [3.63, 3.8) is 0 Å². The minimum absolute atomic E-state index is 0.0265. The topological polar surface area (TPSA) is 54.9 Å². The lowest BCUT2D eigenvalue weighted by Gasteiger charge is -1.99. The van der Waals surface area contributed by atoms with Gasteiger partial charge in [0.1, 0.15) is 0 Å². The first-order chi connectivity index (χ1) is 11.8. The fourth-order valence-electron chi connectivity index (χ4n) is 2.30. The predicted octanol–water partition coefficient (Wildman–Crippen LogP) is 5.05. The standard InChI is InChI=1S/C17H13N3OS3/c21-15(7-8-16-18-11-4-1-2-5-14(11)24-16)20-17-19-12(10-23-17)13-6-3-9-22-13/h1-6,9-10H,7-8H2,(H,19,20,21). The molecule has 1 aromatic carbocycles. The van der Waals surface area contributed by atoms with Crippen molar-refractivity contribution in [1.29, 1.82) is 0 Å². The van der Waals surface area contributed by atoms with E-state index in [2.05, 4.69) is 21.4 Å². The molecule has 0 unspecified atom stereocenters. The summed E-state index contributed by atoms with van der Waals surface area (Å²) in [6.45, 7) is 0. The number of anilines is 1. The van der Waals surface area contributed by atoms with Crippen LogP contribution in [0.5, 0.6) is 0 Å². The van der Waals surface area contributed by atoms with E-state index in [1.807, 2.05) is 41.1 Å². The van der Waals surface area contributed by atoms with Gasteiger partial charge < -0.3 is 5.32 Å². The van der Waals surface area contributed by atoms with Gasteiger partial charge >= 0.3 is 0 Å². The molecule has 4 aromatic rings. The summed E-state index contributed by atoms with van der Waals surface area (Å²) >= 11 is 4.74. The summed E-state index contributed by atoms with van der Waals surface area (Å²) in [4.78, 5) is 22.3. The Balaban J connectivity index is 1.36. The highest BCUT2D eigenvalue weighted by molar-refractivity contribution is 7.18. The van der Waals surface area contributed by atoms with Crippen molar-refractivity contribution in [1.82, 2.24) is 9.97 Å². The van der Waals surface area contributed by atoms with Gasteiger partial charge in [0.05, 0.1) is 25.8 Å². The van der Waals surface area contributed by atoms with Crippen LogP contribution < -0.4 is 5.32 Å². The largest absolute Gasteiger partial charge is 0.302 e. The maximum Gasteiger partial charge on any atom is 0.226 e. The second kappa shape index (κ2) is 6.80. The van der Waals surface area contributed by atoms with Gasteiger partial charge in [0.25, 0.3) is 0 Å². The zero-order valence-electron chi connectivity index (χ0n) is 12.6. The van der Waals surface area contributed by atoms with E-state index in [1.165, 1.54) is 11.3 Å². The molecule has 3 aromatic heterocycles. The number of fused-ring (bicyclic) bond motifs is 1. The normalized spacial score (nSPS) is 11.0. The summed E-state index contributed by atoms with van der Waals surface area (Å²) in [5.41, 5.74) is 1.91. The van der Waals surface area contributed by atoms with Gasteiger partial charge in [-0.05, 0) is 23.6 Å². The number of para-hydroxylation sites is 1. The van der Waals surface area contributed by atoms with Gasteiger partial charge in [0.15, 0.2) is 5.13 Å². The summed E-state index contributed by atoms with van der Waals surface area (Å²) in [5.74, 6) is -0.0265. The van der Waals surface area contributed by atoms with Crippen LogP contribution in [0.25, 0.3) is 20.8 Å². The number of thiophene rings is 1. The van der Waals surface area contributed by atoms with E-state index in [0.29, 0.717) is 18.0 Å². The van der Waals surface area contributed by atoms with E-state index >= 15 is 0 Å². The molecule has 0 atom stereocenters. The van der Waals surface area contributed by atoms with E-state index < -0.39 is 0 Å². The summed E-state index contributed by atoms with van der Waals surface area (Å²) in [6, 6.07) is 12.1. The van der Waals surface area contributed by atoms with E-state index in [0.717, 1.165) is 25.8 Å². The molecule has 0 aliphatic rings. The molecule has 24 heavy (non-hydrogen) atoms. The second-order valence-electron chi connectivity index (χ2n) is 5.14. The number of hydrogen-bond acceptors (Lipinski definition) is 6. The molecule has 1 N–H and O–H groups in total. The molecule has 0 aliphatic heterocycles. The number of aryl methyl sites for hydroxylation is 1. The number of thiazole rings is 2. The molecular weight excluding hydrogens is 358 g/mol. The van der Waals surface area contributed by atoms with Crippen LogP contribution in [0.2, 0.25) is 0 Å². The summed E-state index contributed by atoms with van der Waals surface area (Å²) < 4.78 is 1.16. The van der Waals surface area contributed by atoms with Gasteiger partial charge in [-0.3, -0.25) is 4.79 Å². The third-order valence-corrected chi connectivity index (χ3v) is 6.17. The third kappa shape index (κ3) is 3.38. The fraction of sp³-hybridized carbons (Fsp3) is 0.118. The van der Waals surface area contributed by atoms with E-state index in [4.69, 9.17) is 0 Å². The molecule has 4 nitrogen and oxygen atoms in total. The Kier molecular flexibility index (Phi) is 4.38. The molecule has 0 saturated heterocycles. The number of carbonyl (C=O) groups is 1. The average molecular weight is 372 g/mol. The van der Waals surface area contributed by atoms with Crippen LogP contribution >= 0.6 is 34.0 Å². The van der Waals surface area contributed by atoms with Gasteiger partial charge in [-0.25, -0.2) is 9.97 Å². The minimum atomic E-state index is -0.0265. The molecule has 7 heteroatoms. The van der Waals surface area contributed by atoms with Crippen LogP contribution in [-0.2, 0) is 11.2 Å². The molecule has 4 rings (SSSR count). The number of nitrogens with one attached hydrogen (secondary N) is 1. The molecular formula is C17H13N3OS3. The lowest BCUT2D eigenvalue weighted by molar-refractivity contribution is -0.116. The van der Waals surface area contributed by atoms with Crippen molar-refractivity contribution in [3.8, 4) is 10.6 Å². The van der Waals surface area contributed by atoms with Crippen LogP contribution in [0.15, 0.2) is 47.2 Å². The van der Waals surface area contributed by atoms with Gasteiger partial charge in [-0.15, -0.1) is 34.0 Å². The Bertz CT molecular complexity index is 939. The van der Waals surface area contributed by atoms with Crippen LogP contribution in [0.3, 0.4) is 0 Å². The highest BCUT2D eigenvalue weighted by Gasteiger charge is 2.10. The Morgan fingerprint density at radius 3 is 2.83 bits per heavy atom.